The molecule has 0 atom stereocenters. The van der Waals surface area contributed by atoms with Crippen LogP contribution in [-0.4, -0.2) is 23.3 Å². The molecule has 0 aliphatic carbocycles. The van der Waals surface area contributed by atoms with Gasteiger partial charge < -0.3 is 14.6 Å². The van der Waals surface area contributed by atoms with E-state index in [0.717, 1.165) is 0 Å². The summed E-state index contributed by atoms with van der Waals surface area (Å²) in [5, 5.41) is 3.36. The van der Waals surface area contributed by atoms with Gasteiger partial charge in [0.2, 0.25) is 5.95 Å². The number of rotatable bonds is 5. The third-order valence-corrected chi connectivity index (χ3v) is 2.59. The van der Waals surface area contributed by atoms with Gasteiger partial charge in [-0.05, 0) is 18.2 Å². The summed E-state index contributed by atoms with van der Waals surface area (Å²) in [6.07, 6.45) is 3.49. The van der Waals surface area contributed by atoms with Gasteiger partial charge in [-0.25, -0.2) is 9.37 Å². The molecule has 0 amide bonds. The molecule has 6 heteroatoms. The van der Waals surface area contributed by atoms with E-state index in [1.54, 1.807) is 19.4 Å². The Balaban J connectivity index is 2.15. The number of anilines is 2. The van der Waals surface area contributed by atoms with E-state index in [1.807, 2.05) is 10.8 Å². The maximum absolute atomic E-state index is 13.2. The van der Waals surface area contributed by atoms with Gasteiger partial charge >= 0.3 is 0 Å². The Kier molecular flexibility index (Phi) is 4.17. The van der Waals surface area contributed by atoms with Gasteiger partial charge in [-0.1, -0.05) is 11.6 Å². The van der Waals surface area contributed by atoms with E-state index in [1.165, 1.54) is 12.1 Å². The summed E-state index contributed by atoms with van der Waals surface area (Å²) in [6, 6.07) is 4.26. The van der Waals surface area contributed by atoms with Crippen LogP contribution in [0.4, 0.5) is 16.0 Å². The van der Waals surface area contributed by atoms with Crippen LogP contribution < -0.4 is 5.32 Å². The molecule has 0 fully saturated rings. The Hall–Kier alpha value is -1.59. The molecule has 1 N–H and O–H groups in total. The first-order valence-electron chi connectivity index (χ1n) is 5.42. The fourth-order valence-corrected chi connectivity index (χ4v) is 1.78. The standard InChI is InChI=1S/C12H13ClFN3O/c1-18-5-4-17-3-2-15-12(17)16-11-7-9(13)6-10(14)8-11/h2-3,6-8H,4-5H2,1H3,(H,15,16). The highest BCUT2D eigenvalue weighted by Crippen LogP contribution is 2.21. The van der Waals surface area contributed by atoms with Crippen molar-refractivity contribution in [2.45, 2.75) is 6.54 Å². The van der Waals surface area contributed by atoms with E-state index < -0.39 is 0 Å². The maximum atomic E-state index is 13.2. The Morgan fingerprint density at radius 3 is 3.00 bits per heavy atom. The Morgan fingerprint density at radius 2 is 2.28 bits per heavy atom. The zero-order chi connectivity index (χ0) is 13.0. The van der Waals surface area contributed by atoms with Crippen molar-refractivity contribution in [3.05, 3.63) is 41.4 Å². The normalized spacial score (nSPS) is 10.6. The van der Waals surface area contributed by atoms with Crippen molar-refractivity contribution in [2.75, 3.05) is 19.0 Å². The summed E-state index contributed by atoms with van der Waals surface area (Å²) < 4.78 is 20.1. The van der Waals surface area contributed by atoms with Gasteiger partial charge in [0, 0.05) is 36.8 Å². The lowest BCUT2D eigenvalue weighted by Gasteiger charge is -2.09. The van der Waals surface area contributed by atoms with Gasteiger partial charge in [0.25, 0.3) is 0 Å². The van der Waals surface area contributed by atoms with Crippen LogP contribution in [0.5, 0.6) is 0 Å². The van der Waals surface area contributed by atoms with Crippen molar-refractivity contribution in [3.8, 4) is 0 Å². The Bertz CT molecular complexity index is 510. The number of hydrogen-bond donors (Lipinski definition) is 1. The van der Waals surface area contributed by atoms with E-state index in [0.29, 0.717) is 29.8 Å². The second-order valence-corrected chi connectivity index (χ2v) is 4.16. The summed E-state index contributed by atoms with van der Waals surface area (Å²) >= 11 is 5.79. The summed E-state index contributed by atoms with van der Waals surface area (Å²) in [5.74, 6) is 0.230. The second kappa shape index (κ2) is 5.84. The molecule has 1 aromatic heterocycles. The quantitative estimate of drug-likeness (QED) is 0.907. The Morgan fingerprint density at radius 1 is 1.44 bits per heavy atom. The van der Waals surface area contributed by atoms with Crippen molar-refractivity contribution >= 4 is 23.2 Å². The molecular weight excluding hydrogens is 257 g/mol. The van der Waals surface area contributed by atoms with Crippen molar-refractivity contribution in [1.82, 2.24) is 9.55 Å². The first-order chi connectivity index (χ1) is 8.69. The molecule has 1 heterocycles. The molecule has 1 aromatic carbocycles. The zero-order valence-electron chi connectivity index (χ0n) is 9.86. The van der Waals surface area contributed by atoms with Crippen LogP contribution in [0.1, 0.15) is 0 Å². The molecular formula is C12H13ClFN3O. The minimum Gasteiger partial charge on any atom is -0.383 e. The third-order valence-electron chi connectivity index (χ3n) is 2.37. The van der Waals surface area contributed by atoms with Gasteiger partial charge in [0.15, 0.2) is 0 Å². The lowest BCUT2D eigenvalue weighted by molar-refractivity contribution is 0.188. The van der Waals surface area contributed by atoms with Crippen LogP contribution in [0.2, 0.25) is 5.02 Å². The molecule has 96 valence electrons. The summed E-state index contributed by atoms with van der Waals surface area (Å²) in [7, 11) is 1.64. The van der Waals surface area contributed by atoms with E-state index in [4.69, 9.17) is 16.3 Å². The van der Waals surface area contributed by atoms with E-state index in [9.17, 15) is 4.39 Å². The highest BCUT2D eigenvalue weighted by atomic mass is 35.5. The van der Waals surface area contributed by atoms with Crippen LogP contribution in [0, 0.1) is 5.82 Å². The molecule has 2 rings (SSSR count). The highest BCUT2D eigenvalue weighted by molar-refractivity contribution is 6.30. The lowest BCUT2D eigenvalue weighted by Crippen LogP contribution is -2.07. The predicted molar refractivity (Wildman–Crippen MR) is 68.8 cm³/mol. The maximum Gasteiger partial charge on any atom is 0.207 e. The molecule has 0 aliphatic rings. The Labute approximate surface area is 109 Å². The molecule has 0 spiro atoms. The minimum atomic E-state index is -0.389. The molecule has 4 nitrogen and oxygen atoms in total. The number of nitrogens with one attached hydrogen (secondary N) is 1. The van der Waals surface area contributed by atoms with E-state index in [2.05, 4.69) is 10.3 Å². The first-order valence-corrected chi connectivity index (χ1v) is 5.80. The molecule has 0 radical (unpaired) electrons. The number of nitrogens with zero attached hydrogens (tertiary/aromatic N) is 2. The van der Waals surface area contributed by atoms with Gasteiger partial charge in [-0.15, -0.1) is 0 Å². The van der Waals surface area contributed by atoms with Gasteiger partial charge in [-0.3, -0.25) is 0 Å². The number of benzene rings is 1. The van der Waals surface area contributed by atoms with Crippen molar-refractivity contribution in [1.29, 1.82) is 0 Å². The smallest absolute Gasteiger partial charge is 0.207 e. The summed E-state index contributed by atoms with van der Waals surface area (Å²) in [5.41, 5.74) is 0.560. The number of ether oxygens (including phenoxy) is 1. The molecule has 0 unspecified atom stereocenters. The minimum absolute atomic E-state index is 0.340. The zero-order valence-corrected chi connectivity index (χ0v) is 10.6. The molecule has 0 bridgehead atoms. The van der Waals surface area contributed by atoms with Crippen LogP contribution in [-0.2, 0) is 11.3 Å². The van der Waals surface area contributed by atoms with Crippen LogP contribution in [0.3, 0.4) is 0 Å². The monoisotopic (exact) mass is 269 g/mol. The number of methoxy groups -OCH3 is 1. The average molecular weight is 270 g/mol. The largest absolute Gasteiger partial charge is 0.383 e. The SMILES string of the molecule is COCCn1ccnc1Nc1cc(F)cc(Cl)c1. The summed E-state index contributed by atoms with van der Waals surface area (Å²) in [6.45, 7) is 1.25. The van der Waals surface area contributed by atoms with Gasteiger partial charge in [-0.2, -0.15) is 0 Å². The molecule has 0 saturated heterocycles. The van der Waals surface area contributed by atoms with Crippen molar-refractivity contribution < 1.29 is 9.13 Å². The lowest BCUT2D eigenvalue weighted by atomic mass is 10.3. The molecule has 18 heavy (non-hydrogen) atoms. The number of halogens is 2. The van der Waals surface area contributed by atoms with Crippen molar-refractivity contribution in [3.63, 3.8) is 0 Å². The topological polar surface area (TPSA) is 39.1 Å². The van der Waals surface area contributed by atoms with Gasteiger partial charge in [0.1, 0.15) is 5.82 Å². The first kappa shape index (κ1) is 12.9. The number of imidazole rings is 1. The van der Waals surface area contributed by atoms with Crippen LogP contribution >= 0.6 is 11.6 Å². The molecule has 0 saturated carbocycles. The van der Waals surface area contributed by atoms with Crippen LogP contribution in [0.25, 0.3) is 0 Å². The van der Waals surface area contributed by atoms with E-state index in [-0.39, 0.29) is 5.82 Å². The second-order valence-electron chi connectivity index (χ2n) is 3.72. The highest BCUT2D eigenvalue weighted by Gasteiger charge is 2.05. The third kappa shape index (κ3) is 3.21. The van der Waals surface area contributed by atoms with Gasteiger partial charge in [0.05, 0.1) is 6.61 Å². The number of aromatic nitrogens is 2. The predicted octanol–water partition coefficient (Wildman–Crippen LogP) is 3.07. The fraction of sp³-hybridized carbons (Fsp3) is 0.250. The number of hydrogen-bond acceptors (Lipinski definition) is 3. The van der Waals surface area contributed by atoms with Crippen molar-refractivity contribution in [2.24, 2.45) is 0 Å². The molecule has 0 aliphatic heterocycles. The van der Waals surface area contributed by atoms with Crippen LogP contribution in [0.15, 0.2) is 30.6 Å². The average Bonchev–Trinajstić information content (AvgIpc) is 2.72. The molecule has 2 aromatic rings. The summed E-state index contributed by atoms with van der Waals surface area (Å²) in [4.78, 5) is 4.15. The van der Waals surface area contributed by atoms with E-state index >= 15 is 0 Å². The fourth-order valence-electron chi connectivity index (χ4n) is 1.56.